The van der Waals surface area contributed by atoms with Crippen LogP contribution >= 0.6 is 11.3 Å². The van der Waals surface area contributed by atoms with E-state index in [2.05, 4.69) is 97.1 Å². The minimum absolute atomic E-state index is 0.619. The molecule has 5 heteroatoms. The Bertz CT molecular complexity index is 2950. The average molecular weight is 630 g/mol. The second-order valence-corrected chi connectivity index (χ2v) is 13.4. The van der Waals surface area contributed by atoms with Gasteiger partial charge in [0.15, 0.2) is 17.5 Å². The number of benzene rings is 7. The molecule has 1 aliphatic rings. The molecule has 0 fully saturated rings. The van der Waals surface area contributed by atoms with E-state index in [-0.39, 0.29) is 0 Å². The molecule has 222 valence electrons. The van der Waals surface area contributed by atoms with Crippen molar-refractivity contribution in [3.8, 4) is 56.4 Å². The maximum absolute atomic E-state index is 6.76. The molecule has 0 unspecified atom stereocenters. The van der Waals surface area contributed by atoms with Crippen molar-refractivity contribution in [2.45, 2.75) is 0 Å². The van der Waals surface area contributed by atoms with Crippen molar-refractivity contribution in [3.05, 3.63) is 140 Å². The second kappa shape index (κ2) is 9.67. The van der Waals surface area contributed by atoms with Gasteiger partial charge in [0.05, 0.1) is 0 Å². The minimum atomic E-state index is 0.619. The van der Waals surface area contributed by atoms with Gasteiger partial charge in [0.25, 0.3) is 0 Å². The van der Waals surface area contributed by atoms with Gasteiger partial charge in [0.1, 0.15) is 11.2 Å². The number of rotatable bonds is 3. The van der Waals surface area contributed by atoms with Crippen LogP contribution in [0.3, 0.4) is 0 Å². The van der Waals surface area contributed by atoms with Crippen LogP contribution in [0.25, 0.3) is 109 Å². The van der Waals surface area contributed by atoms with E-state index < -0.39 is 0 Å². The van der Waals surface area contributed by atoms with Crippen molar-refractivity contribution >= 4 is 64.2 Å². The Morgan fingerprint density at radius 1 is 0.438 bits per heavy atom. The molecule has 0 spiro atoms. The van der Waals surface area contributed by atoms with Crippen molar-refractivity contribution in [3.63, 3.8) is 0 Å². The number of hydrogen-bond donors (Lipinski definition) is 0. The zero-order chi connectivity index (χ0) is 31.3. The van der Waals surface area contributed by atoms with E-state index in [4.69, 9.17) is 19.4 Å². The summed E-state index contributed by atoms with van der Waals surface area (Å²) in [5, 5.41) is 7.05. The Kier molecular flexibility index (Phi) is 5.23. The highest BCUT2D eigenvalue weighted by molar-refractivity contribution is 7.25. The third-order valence-electron chi connectivity index (χ3n) is 9.67. The predicted octanol–water partition coefficient (Wildman–Crippen LogP) is 11.9. The van der Waals surface area contributed by atoms with Gasteiger partial charge in [-0.1, -0.05) is 103 Å². The van der Waals surface area contributed by atoms with Crippen LogP contribution in [0.5, 0.6) is 0 Å². The predicted molar refractivity (Wildman–Crippen MR) is 198 cm³/mol. The summed E-state index contributed by atoms with van der Waals surface area (Å²) in [4.78, 5) is 15.3. The van der Waals surface area contributed by atoms with Gasteiger partial charge < -0.3 is 4.42 Å². The van der Waals surface area contributed by atoms with Crippen LogP contribution in [0.2, 0.25) is 0 Å². The molecule has 10 aromatic rings. The number of furan rings is 1. The van der Waals surface area contributed by atoms with Crippen LogP contribution < -0.4 is 0 Å². The first-order valence-electron chi connectivity index (χ1n) is 16.0. The molecular weight excluding hydrogens is 607 g/mol. The normalized spacial score (nSPS) is 12.2. The largest absolute Gasteiger partial charge is 0.455 e. The molecule has 0 saturated heterocycles. The van der Waals surface area contributed by atoms with Crippen LogP contribution in [0.4, 0.5) is 0 Å². The smallest absolute Gasteiger partial charge is 0.164 e. The highest BCUT2D eigenvalue weighted by Crippen LogP contribution is 2.52. The summed E-state index contributed by atoms with van der Waals surface area (Å²) in [6, 6.07) is 48.9. The van der Waals surface area contributed by atoms with E-state index in [9.17, 15) is 0 Å². The van der Waals surface area contributed by atoms with Crippen LogP contribution in [0, 0.1) is 0 Å². The Labute approximate surface area is 278 Å². The van der Waals surface area contributed by atoms with Crippen LogP contribution in [-0.2, 0) is 0 Å². The summed E-state index contributed by atoms with van der Waals surface area (Å²) in [5.41, 5.74) is 9.36. The first kappa shape index (κ1) is 26.0. The lowest BCUT2D eigenvalue weighted by Gasteiger charge is -2.09. The van der Waals surface area contributed by atoms with Gasteiger partial charge in [-0.25, -0.2) is 15.0 Å². The van der Waals surface area contributed by atoms with Gasteiger partial charge in [0.2, 0.25) is 0 Å². The Morgan fingerprint density at radius 3 is 2.06 bits per heavy atom. The molecule has 0 amide bonds. The van der Waals surface area contributed by atoms with Crippen molar-refractivity contribution < 1.29 is 4.42 Å². The minimum Gasteiger partial charge on any atom is -0.455 e. The lowest BCUT2D eigenvalue weighted by atomic mass is 9.99. The Balaban J connectivity index is 1.16. The number of aromatic nitrogens is 3. The molecule has 3 heterocycles. The second-order valence-electron chi connectivity index (χ2n) is 12.3. The standard InChI is InChI=1S/C43H23N3OS/c1-2-9-25(10-3-1)41-44-42(26-19-22-36-33(23-26)27-13-4-5-18-35(27)48-36)46-43(45-41)32-16-8-17-34-38(32)31-21-20-29-28-14-6-11-24-12-7-15-30(37(24)28)39(29)40(31)47-34/h1-23H. The van der Waals surface area contributed by atoms with Crippen LogP contribution in [0.1, 0.15) is 0 Å². The summed E-state index contributed by atoms with van der Waals surface area (Å²) in [5.74, 6) is 1.90. The quantitative estimate of drug-likeness (QED) is 0.195. The third-order valence-corrected chi connectivity index (χ3v) is 10.8. The molecular formula is C43H23N3OS. The molecule has 0 N–H and O–H groups in total. The van der Waals surface area contributed by atoms with Crippen LogP contribution in [-0.4, -0.2) is 15.0 Å². The van der Waals surface area contributed by atoms with Gasteiger partial charge in [0, 0.05) is 53.2 Å². The molecule has 11 rings (SSSR count). The summed E-state index contributed by atoms with van der Waals surface area (Å²) >= 11 is 1.81. The fourth-order valence-corrected chi connectivity index (χ4v) is 8.63. The summed E-state index contributed by atoms with van der Waals surface area (Å²) in [6.07, 6.45) is 0. The number of thiophene rings is 1. The maximum atomic E-state index is 6.76. The summed E-state index contributed by atoms with van der Waals surface area (Å²) in [6.45, 7) is 0. The summed E-state index contributed by atoms with van der Waals surface area (Å²) in [7, 11) is 0. The monoisotopic (exact) mass is 629 g/mol. The van der Waals surface area contributed by atoms with Gasteiger partial charge in [-0.3, -0.25) is 0 Å². The van der Waals surface area contributed by atoms with Crippen LogP contribution in [0.15, 0.2) is 144 Å². The molecule has 0 aliphatic heterocycles. The van der Waals surface area contributed by atoms with E-state index in [1.807, 2.05) is 53.8 Å². The van der Waals surface area contributed by atoms with Gasteiger partial charge in [-0.2, -0.15) is 0 Å². The number of fused-ring (bicyclic) bond motifs is 10. The first-order chi connectivity index (χ1) is 23.8. The van der Waals surface area contributed by atoms with Gasteiger partial charge >= 0.3 is 0 Å². The third kappa shape index (κ3) is 3.62. The van der Waals surface area contributed by atoms with E-state index >= 15 is 0 Å². The number of nitrogens with zero attached hydrogens (tertiary/aromatic N) is 3. The molecule has 0 bridgehead atoms. The van der Waals surface area contributed by atoms with Gasteiger partial charge in [-0.15, -0.1) is 11.3 Å². The van der Waals surface area contributed by atoms with Crippen molar-refractivity contribution in [2.75, 3.05) is 0 Å². The van der Waals surface area contributed by atoms with Crippen molar-refractivity contribution in [1.82, 2.24) is 15.0 Å². The molecule has 0 atom stereocenters. The van der Waals surface area contributed by atoms with E-state index in [0.717, 1.165) is 44.2 Å². The molecule has 0 saturated carbocycles. The zero-order valence-corrected chi connectivity index (χ0v) is 26.3. The Hall–Kier alpha value is -6.17. The molecule has 4 nitrogen and oxygen atoms in total. The van der Waals surface area contributed by atoms with Crippen molar-refractivity contribution in [2.24, 2.45) is 0 Å². The first-order valence-corrected chi connectivity index (χ1v) is 16.8. The molecule has 0 radical (unpaired) electrons. The highest BCUT2D eigenvalue weighted by atomic mass is 32.1. The lowest BCUT2D eigenvalue weighted by molar-refractivity contribution is 0.670. The molecule has 3 aromatic heterocycles. The van der Waals surface area contributed by atoms with Gasteiger partial charge in [-0.05, 0) is 63.9 Å². The molecule has 1 aliphatic carbocycles. The average Bonchev–Trinajstić information content (AvgIpc) is 3.82. The highest BCUT2D eigenvalue weighted by Gasteiger charge is 2.27. The lowest BCUT2D eigenvalue weighted by Crippen LogP contribution is -2.00. The topological polar surface area (TPSA) is 51.8 Å². The fourth-order valence-electron chi connectivity index (χ4n) is 7.55. The number of hydrogen-bond acceptors (Lipinski definition) is 5. The Morgan fingerprint density at radius 2 is 1.17 bits per heavy atom. The van der Waals surface area contributed by atoms with Crippen molar-refractivity contribution in [1.29, 1.82) is 0 Å². The SMILES string of the molecule is c1ccc(-c2nc(-c3ccc4sc5ccccc5c4c3)nc(-c3cccc4oc5c6c(ccc5c34)-c3cccc4cccc-6c34)n2)cc1. The molecule has 7 aromatic carbocycles. The summed E-state index contributed by atoms with van der Waals surface area (Å²) < 4.78 is 9.28. The van der Waals surface area contributed by atoms with E-state index in [1.54, 1.807) is 0 Å². The fraction of sp³-hybridized carbons (Fsp3) is 0. The zero-order valence-electron chi connectivity index (χ0n) is 25.4. The maximum Gasteiger partial charge on any atom is 0.164 e. The van der Waals surface area contributed by atoms with E-state index in [1.165, 1.54) is 47.6 Å². The van der Waals surface area contributed by atoms with E-state index in [0.29, 0.717) is 17.5 Å². The molecule has 48 heavy (non-hydrogen) atoms.